The zero-order chi connectivity index (χ0) is 13.6. The van der Waals surface area contributed by atoms with Crippen LogP contribution in [0.2, 0.25) is 0 Å². The number of sulfonamides is 1. The summed E-state index contributed by atoms with van der Waals surface area (Å²) < 4.78 is 27.0. The molecule has 0 aliphatic heterocycles. The number of hydrogen-bond acceptors (Lipinski definition) is 4. The van der Waals surface area contributed by atoms with Crippen LogP contribution in [0.1, 0.15) is 20.3 Å². The molecule has 0 aliphatic carbocycles. The van der Waals surface area contributed by atoms with E-state index in [4.69, 9.17) is 0 Å². The number of hydrogen-bond donors (Lipinski definition) is 1. The molecule has 0 radical (unpaired) electrons. The predicted octanol–water partition coefficient (Wildman–Crippen LogP) is 0.523. The van der Waals surface area contributed by atoms with E-state index in [1.54, 1.807) is 24.9 Å². The Kier molecular flexibility index (Phi) is 5.77. The summed E-state index contributed by atoms with van der Waals surface area (Å²) in [6.45, 7) is 6.78. The van der Waals surface area contributed by atoms with Gasteiger partial charge in [-0.3, -0.25) is 4.68 Å². The van der Waals surface area contributed by atoms with Gasteiger partial charge in [-0.25, -0.2) is 12.7 Å². The molecule has 0 unspecified atom stereocenters. The summed E-state index contributed by atoms with van der Waals surface area (Å²) in [4.78, 5) is 0.252. The molecule has 0 amide bonds. The van der Waals surface area contributed by atoms with Gasteiger partial charge in [-0.05, 0) is 13.0 Å². The van der Waals surface area contributed by atoms with E-state index in [0.29, 0.717) is 13.1 Å². The van der Waals surface area contributed by atoms with Gasteiger partial charge in [0.2, 0.25) is 10.0 Å². The largest absolute Gasteiger partial charge is 0.315 e. The molecule has 0 saturated heterocycles. The minimum atomic E-state index is -3.37. The molecule has 1 N–H and O–H groups in total. The molecule has 7 heteroatoms. The van der Waals surface area contributed by atoms with Crippen LogP contribution in [0.3, 0.4) is 0 Å². The van der Waals surface area contributed by atoms with Gasteiger partial charge < -0.3 is 5.32 Å². The van der Waals surface area contributed by atoms with E-state index in [2.05, 4.69) is 17.3 Å². The van der Waals surface area contributed by atoms with Crippen LogP contribution in [0.25, 0.3) is 0 Å². The molecule has 0 aromatic carbocycles. The van der Waals surface area contributed by atoms with E-state index < -0.39 is 10.0 Å². The number of aromatic nitrogens is 2. The topological polar surface area (TPSA) is 67.2 Å². The molecule has 1 rings (SSSR count). The van der Waals surface area contributed by atoms with Crippen molar-refractivity contribution in [2.24, 2.45) is 0 Å². The standard InChI is InChI=1S/C11H22N4O2S/c1-4-6-12-7-8-15-10-11(9-13-15)18(16,17)14(3)5-2/h9-10,12H,4-8H2,1-3H3. The number of rotatable bonds is 8. The van der Waals surface area contributed by atoms with Crippen LogP contribution in [0.15, 0.2) is 17.3 Å². The first kappa shape index (κ1) is 15.1. The molecule has 1 heterocycles. The Morgan fingerprint density at radius 1 is 1.39 bits per heavy atom. The highest BCUT2D eigenvalue weighted by atomic mass is 32.2. The Morgan fingerprint density at radius 3 is 2.72 bits per heavy atom. The Balaban J connectivity index is 2.63. The van der Waals surface area contributed by atoms with Gasteiger partial charge in [-0.15, -0.1) is 0 Å². The fourth-order valence-corrected chi connectivity index (χ4v) is 2.58. The lowest BCUT2D eigenvalue weighted by Crippen LogP contribution is -2.26. The second-order valence-corrected chi connectivity index (χ2v) is 6.15. The van der Waals surface area contributed by atoms with Crippen LogP contribution >= 0.6 is 0 Å². The third kappa shape index (κ3) is 3.79. The van der Waals surface area contributed by atoms with Gasteiger partial charge in [-0.2, -0.15) is 5.10 Å². The summed E-state index contributed by atoms with van der Waals surface area (Å²) in [5, 5.41) is 7.31. The van der Waals surface area contributed by atoms with Gasteiger partial charge in [-0.1, -0.05) is 13.8 Å². The lowest BCUT2D eigenvalue weighted by atomic mass is 10.5. The van der Waals surface area contributed by atoms with Crippen LogP contribution in [0.4, 0.5) is 0 Å². The Bertz CT molecular complexity index is 455. The first-order valence-electron chi connectivity index (χ1n) is 6.21. The molecule has 6 nitrogen and oxygen atoms in total. The fraction of sp³-hybridized carbons (Fsp3) is 0.727. The Hall–Kier alpha value is -0.920. The van der Waals surface area contributed by atoms with E-state index in [1.807, 2.05) is 0 Å². The summed E-state index contributed by atoms with van der Waals surface area (Å²) >= 11 is 0. The van der Waals surface area contributed by atoms with Crippen LogP contribution < -0.4 is 5.32 Å². The van der Waals surface area contributed by atoms with Crippen LogP contribution in [0, 0.1) is 0 Å². The normalized spacial score (nSPS) is 12.2. The second-order valence-electron chi connectivity index (χ2n) is 4.11. The fourth-order valence-electron chi connectivity index (χ4n) is 1.45. The van der Waals surface area contributed by atoms with Crippen molar-refractivity contribution in [3.8, 4) is 0 Å². The van der Waals surface area contributed by atoms with Crippen molar-refractivity contribution in [2.75, 3.05) is 26.7 Å². The minimum Gasteiger partial charge on any atom is -0.315 e. The van der Waals surface area contributed by atoms with Crippen molar-refractivity contribution in [3.63, 3.8) is 0 Å². The molecule has 1 aromatic rings. The summed E-state index contributed by atoms with van der Waals surface area (Å²) in [7, 11) is -1.81. The highest BCUT2D eigenvalue weighted by Gasteiger charge is 2.20. The van der Waals surface area contributed by atoms with Crippen LogP contribution in [-0.4, -0.2) is 49.2 Å². The number of nitrogens with one attached hydrogen (secondary N) is 1. The number of nitrogens with zero attached hydrogens (tertiary/aromatic N) is 3. The molecule has 0 bridgehead atoms. The van der Waals surface area contributed by atoms with E-state index in [-0.39, 0.29) is 4.90 Å². The van der Waals surface area contributed by atoms with Crippen molar-refractivity contribution in [3.05, 3.63) is 12.4 Å². The minimum absolute atomic E-state index is 0.252. The predicted molar refractivity (Wildman–Crippen MR) is 70.9 cm³/mol. The molecule has 0 atom stereocenters. The second kappa shape index (κ2) is 6.86. The first-order valence-corrected chi connectivity index (χ1v) is 7.65. The summed E-state index contributed by atoms with van der Waals surface area (Å²) in [6.07, 6.45) is 4.07. The molecule has 0 aliphatic rings. The molecular weight excluding hydrogens is 252 g/mol. The van der Waals surface area contributed by atoms with Crippen molar-refractivity contribution < 1.29 is 8.42 Å². The monoisotopic (exact) mass is 274 g/mol. The maximum Gasteiger partial charge on any atom is 0.245 e. The van der Waals surface area contributed by atoms with Crippen molar-refractivity contribution >= 4 is 10.0 Å². The quantitative estimate of drug-likeness (QED) is 0.702. The maximum absolute atomic E-state index is 12.0. The Labute approximate surface area is 109 Å². The first-order chi connectivity index (χ1) is 8.52. The van der Waals surface area contributed by atoms with E-state index in [1.165, 1.54) is 10.5 Å². The van der Waals surface area contributed by atoms with Crippen molar-refractivity contribution in [1.29, 1.82) is 0 Å². The summed E-state index contributed by atoms with van der Waals surface area (Å²) in [6, 6.07) is 0. The van der Waals surface area contributed by atoms with Crippen LogP contribution in [-0.2, 0) is 16.6 Å². The summed E-state index contributed by atoms with van der Waals surface area (Å²) in [5.74, 6) is 0. The SMILES string of the molecule is CCCNCCn1cc(S(=O)(=O)N(C)CC)cn1. The molecule has 18 heavy (non-hydrogen) atoms. The van der Waals surface area contributed by atoms with Gasteiger partial charge in [0.25, 0.3) is 0 Å². The molecular formula is C11H22N4O2S. The molecule has 0 fully saturated rings. The zero-order valence-corrected chi connectivity index (χ0v) is 12.1. The van der Waals surface area contributed by atoms with E-state index in [9.17, 15) is 8.42 Å². The lowest BCUT2D eigenvalue weighted by Gasteiger charge is -2.12. The average molecular weight is 274 g/mol. The third-order valence-electron chi connectivity index (χ3n) is 2.71. The molecule has 104 valence electrons. The van der Waals surface area contributed by atoms with Crippen LogP contribution in [0.5, 0.6) is 0 Å². The van der Waals surface area contributed by atoms with E-state index >= 15 is 0 Å². The van der Waals surface area contributed by atoms with Gasteiger partial charge in [0.1, 0.15) is 4.90 Å². The van der Waals surface area contributed by atoms with Gasteiger partial charge in [0.05, 0.1) is 12.7 Å². The van der Waals surface area contributed by atoms with E-state index in [0.717, 1.165) is 19.5 Å². The van der Waals surface area contributed by atoms with Crippen molar-refractivity contribution in [2.45, 2.75) is 31.7 Å². The smallest absolute Gasteiger partial charge is 0.245 e. The Morgan fingerprint density at radius 2 is 2.11 bits per heavy atom. The summed E-state index contributed by atoms with van der Waals surface area (Å²) in [5.41, 5.74) is 0. The molecule has 1 aromatic heterocycles. The third-order valence-corrected chi connectivity index (χ3v) is 4.59. The lowest BCUT2D eigenvalue weighted by molar-refractivity contribution is 0.486. The highest BCUT2D eigenvalue weighted by molar-refractivity contribution is 7.89. The van der Waals surface area contributed by atoms with Gasteiger partial charge in [0, 0.05) is 26.3 Å². The molecule has 0 saturated carbocycles. The average Bonchev–Trinajstić information content (AvgIpc) is 2.83. The maximum atomic E-state index is 12.0. The van der Waals surface area contributed by atoms with Crippen molar-refractivity contribution in [1.82, 2.24) is 19.4 Å². The zero-order valence-electron chi connectivity index (χ0n) is 11.3. The van der Waals surface area contributed by atoms with Gasteiger partial charge >= 0.3 is 0 Å². The molecule has 0 spiro atoms. The highest BCUT2D eigenvalue weighted by Crippen LogP contribution is 2.12. The van der Waals surface area contributed by atoms with Gasteiger partial charge in [0.15, 0.2) is 0 Å².